The summed E-state index contributed by atoms with van der Waals surface area (Å²) in [6.45, 7) is 8.51. The van der Waals surface area contributed by atoms with E-state index in [0.29, 0.717) is 6.61 Å². The van der Waals surface area contributed by atoms with Gasteiger partial charge in [-0.2, -0.15) is 0 Å². The molecule has 4 nitrogen and oxygen atoms in total. The molecule has 27 heavy (non-hydrogen) atoms. The standard InChI is InChI=1S/C23H28O4/c1-5-26-21(15(2)22(24)25)16-10-12-17(13-11-16)27-20-14-23(3,4)19-9-7-6-8-18(19)20/h6-13,15,20-21H,5,14H2,1-4H3,(H,24,25)/t15?,20?,21-/m0/s1. The molecule has 0 aromatic heterocycles. The van der Waals surface area contributed by atoms with Gasteiger partial charge < -0.3 is 14.6 Å². The molecule has 0 saturated carbocycles. The summed E-state index contributed by atoms with van der Waals surface area (Å²) in [7, 11) is 0. The van der Waals surface area contributed by atoms with E-state index >= 15 is 0 Å². The predicted molar refractivity (Wildman–Crippen MR) is 105 cm³/mol. The topological polar surface area (TPSA) is 55.8 Å². The molecule has 0 spiro atoms. The number of aliphatic carboxylic acids is 1. The van der Waals surface area contributed by atoms with Crippen molar-refractivity contribution in [3.63, 3.8) is 0 Å². The van der Waals surface area contributed by atoms with Gasteiger partial charge in [0.25, 0.3) is 0 Å². The van der Waals surface area contributed by atoms with Gasteiger partial charge in [-0.25, -0.2) is 0 Å². The van der Waals surface area contributed by atoms with E-state index in [1.54, 1.807) is 6.92 Å². The molecular formula is C23H28O4. The highest BCUT2D eigenvalue weighted by molar-refractivity contribution is 5.70. The van der Waals surface area contributed by atoms with E-state index in [1.165, 1.54) is 11.1 Å². The third-order valence-electron chi connectivity index (χ3n) is 5.41. The molecule has 2 aromatic rings. The van der Waals surface area contributed by atoms with Crippen LogP contribution in [0.3, 0.4) is 0 Å². The number of carbonyl (C=O) groups is 1. The Balaban J connectivity index is 1.78. The van der Waals surface area contributed by atoms with Gasteiger partial charge in [-0.1, -0.05) is 50.2 Å². The van der Waals surface area contributed by atoms with Crippen LogP contribution in [0.15, 0.2) is 48.5 Å². The maximum atomic E-state index is 11.4. The van der Waals surface area contributed by atoms with Crippen LogP contribution in [0.4, 0.5) is 0 Å². The number of fused-ring (bicyclic) bond motifs is 1. The highest BCUT2D eigenvalue weighted by Crippen LogP contribution is 2.46. The molecule has 0 amide bonds. The van der Waals surface area contributed by atoms with E-state index in [4.69, 9.17) is 9.47 Å². The number of ether oxygens (including phenoxy) is 2. The third-order valence-corrected chi connectivity index (χ3v) is 5.41. The summed E-state index contributed by atoms with van der Waals surface area (Å²) in [5.41, 5.74) is 3.54. The second kappa shape index (κ2) is 7.73. The highest BCUT2D eigenvalue weighted by Gasteiger charge is 2.37. The maximum absolute atomic E-state index is 11.4. The van der Waals surface area contributed by atoms with Crippen LogP contribution in [0.25, 0.3) is 0 Å². The molecule has 3 rings (SSSR count). The summed E-state index contributed by atoms with van der Waals surface area (Å²) >= 11 is 0. The molecule has 1 N–H and O–H groups in total. The van der Waals surface area contributed by atoms with Crippen molar-refractivity contribution < 1.29 is 19.4 Å². The molecule has 0 saturated heterocycles. The molecule has 0 radical (unpaired) electrons. The van der Waals surface area contributed by atoms with Crippen LogP contribution in [0.1, 0.15) is 63.0 Å². The van der Waals surface area contributed by atoms with Crippen LogP contribution >= 0.6 is 0 Å². The summed E-state index contributed by atoms with van der Waals surface area (Å²) in [4.78, 5) is 11.4. The van der Waals surface area contributed by atoms with Crippen molar-refractivity contribution in [3.8, 4) is 5.75 Å². The van der Waals surface area contributed by atoms with Crippen LogP contribution in [0.2, 0.25) is 0 Å². The Labute approximate surface area is 161 Å². The van der Waals surface area contributed by atoms with Gasteiger partial charge in [0.15, 0.2) is 0 Å². The summed E-state index contributed by atoms with van der Waals surface area (Å²) < 4.78 is 12.0. The normalized spacial score (nSPS) is 19.9. The van der Waals surface area contributed by atoms with E-state index < -0.39 is 18.0 Å². The fourth-order valence-electron chi connectivity index (χ4n) is 3.92. The molecule has 2 unspecified atom stereocenters. The van der Waals surface area contributed by atoms with E-state index in [9.17, 15) is 9.90 Å². The number of carboxylic acid groups (broad SMARTS) is 1. The minimum absolute atomic E-state index is 0.0303. The molecule has 4 heteroatoms. The van der Waals surface area contributed by atoms with Gasteiger partial charge in [-0.3, -0.25) is 4.79 Å². The molecule has 1 aliphatic rings. The largest absolute Gasteiger partial charge is 0.486 e. The SMILES string of the molecule is CCO[C@H](c1ccc(OC2CC(C)(C)c3ccccc32)cc1)C(C)C(=O)O. The molecule has 1 aliphatic carbocycles. The fourth-order valence-corrected chi connectivity index (χ4v) is 3.92. The number of hydrogen-bond donors (Lipinski definition) is 1. The Bertz CT molecular complexity index is 794. The lowest BCUT2D eigenvalue weighted by Crippen LogP contribution is -2.21. The highest BCUT2D eigenvalue weighted by atomic mass is 16.5. The van der Waals surface area contributed by atoms with E-state index in [1.807, 2.05) is 31.2 Å². The third kappa shape index (κ3) is 4.01. The lowest BCUT2D eigenvalue weighted by atomic mass is 9.87. The van der Waals surface area contributed by atoms with Crippen LogP contribution in [-0.4, -0.2) is 17.7 Å². The molecule has 0 fully saturated rings. The van der Waals surface area contributed by atoms with Gasteiger partial charge in [0, 0.05) is 6.61 Å². The molecule has 144 valence electrons. The minimum Gasteiger partial charge on any atom is -0.486 e. The number of benzene rings is 2. The molecule has 0 aliphatic heterocycles. The maximum Gasteiger partial charge on any atom is 0.309 e. The average molecular weight is 368 g/mol. The number of rotatable bonds is 7. The molecule has 2 aromatic carbocycles. The molecule has 0 heterocycles. The van der Waals surface area contributed by atoms with Crippen molar-refractivity contribution in [1.29, 1.82) is 0 Å². The number of carboxylic acids is 1. The molecule has 3 atom stereocenters. The van der Waals surface area contributed by atoms with Crippen molar-refractivity contribution >= 4 is 5.97 Å². The first-order valence-corrected chi connectivity index (χ1v) is 9.54. The Morgan fingerprint density at radius 2 is 1.85 bits per heavy atom. The quantitative estimate of drug-likeness (QED) is 0.722. The van der Waals surface area contributed by atoms with Crippen LogP contribution in [0, 0.1) is 5.92 Å². The van der Waals surface area contributed by atoms with Crippen LogP contribution in [0.5, 0.6) is 5.75 Å². The summed E-state index contributed by atoms with van der Waals surface area (Å²) in [5, 5.41) is 9.32. The summed E-state index contributed by atoms with van der Waals surface area (Å²) in [5.74, 6) is -0.688. The van der Waals surface area contributed by atoms with Gasteiger partial charge in [0.05, 0.1) is 12.0 Å². The lowest BCUT2D eigenvalue weighted by Gasteiger charge is -2.22. The first kappa shape index (κ1) is 19.4. The second-order valence-electron chi connectivity index (χ2n) is 7.85. The van der Waals surface area contributed by atoms with Crippen LogP contribution < -0.4 is 4.74 Å². The van der Waals surface area contributed by atoms with Gasteiger partial charge in [-0.15, -0.1) is 0 Å². The Morgan fingerprint density at radius 3 is 2.48 bits per heavy atom. The summed E-state index contributed by atoms with van der Waals surface area (Å²) in [6.07, 6.45) is 0.501. The summed E-state index contributed by atoms with van der Waals surface area (Å²) in [6, 6.07) is 16.1. The van der Waals surface area contributed by atoms with Crippen molar-refractivity contribution in [2.24, 2.45) is 5.92 Å². The monoisotopic (exact) mass is 368 g/mol. The zero-order valence-corrected chi connectivity index (χ0v) is 16.4. The first-order chi connectivity index (χ1) is 12.8. The second-order valence-corrected chi connectivity index (χ2v) is 7.85. The van der Waals surface area contributed by atoms with E-state index in [-0.39, 0.29) is 11.5 Å². The zero-order valence-electron chi connectivity index (χ0n) is 16.4. The fraction of sp³-hybridized carbons (Fsp3) is 0.435. The van der Waals surface area contributed by atoms with Gasteiger partial charge >= 0.3 is 5.97 Å². The average Bonchev–Trinajstić information content (AvgIpc) is 2.90. The number of hydrogen-bond acceptors (Lipinski definition) is 3. The van der Waals surface area contributed by atoms with Crippen molar-refractivity contribution in [2.45, 2.75) is 51.7 Å². The van der Waals surface area contributed by atoms with Gasteiger partial charge in [-0.05, 0) is 54.5 Å². The Kier molecular flexibility index (Phi) is 5.56. The van der Waals surface area contributed by atoms with Gasteiger partial charge in [0.2, 0.25) is 0 Å². The van der Waals surface area contributed by atoms with Gasteiger partial charge in [0.1, 0.15) is 11.9 Å². The predicted octanol–water partition coefficient (Wildman–Crippen LogP) is 5.29. The zero-order chi connectivity index (χ0) is 19.6. The molecular weight excluding hydrogens is 340 g/mol. The first-order valence-electron chi connectivity index (χ1n) is 9.54. The van der Waals surface area contributed by atoms with Crippen molar-refractivity contribution in [1.82, 2.24) is 0 Å². The lowest BCUT2D eigenvalue weighted by molar-refractivity contribution is -0.146. The molecule has 0 bridgehead atoms. The van der Waals surface area contributed by atoms with Crippen molar-refractivity contribution in [3.05, 3.63) is 65.2 Å². The Hall–Kier alpha value is -2.33. The van der Waals surface area contributed by atoms with E-state index in [0.717, 1.165) is 17.7 Å². The smallest absolute Gasteiger partial charge is 0.309 e. The van der Waals surface area contributed by atoms with Crippen molar-refractivity contribution in [2.75, 3.05) is 6.61 Å². The minimum atomic E-state index is -0.862. The van der Waals surface area contributed by atoms with E-state index in [2.05, 4.69) is 38.1 Å². The van der Waals surface area contributed by atoms with Crippen LogP contribution in [-0.2, 0) is 14.9 Å². The Morgan fingerprint density at radius 1 is 1.19 bits per heavy atom.